The third kappa shape index (κ3) is 1.10. The van der Waals surface area contributed by atoms with Gasteiger partial charge in [0.05, 0.1) is 0 Å². The number of aryl methyl sites for hydroxylation is 1. The van der Waals surface area contributed by atoms with Gasteiger partial charge in [-0.05, 0) is 19.4 Å². The minimum Gasteiger partial charge on any atom is -0.332 e. The molecular weight excluding hydrogens is 124 g/mol. The second-order valence-electron chi connectivity index (χ2n) is 2.32. The van der Waals surface area contributed by atoms with Gasteiger partial charge in [0.25, 0.3) is 0 Å². The van der Waals surface area contributed by atoms with E-state index in [0.29, 0.717) is 0 Å². The average molecular weight is 136 g/mol. The first-order valence-electron chi connectivity index (χ1n) is 3.42. The van der Waals surface area contributed by atoms with E-state index in [0.717, 1.165) is 17.9 Å². The maximum absolute atomic E-state index is 4.15. The smallest absolute Gasteiger partial charge is 0.134 e. The van der Waals surface area contributed by atoms with Crippen molar-refractivity contribution in [2.75, 3.05) is 0 Å². The highest BCUT2D eigenvalue weighted by Crippen LogP contribution is 2.07. The lowest BCUT2D eigenvalue weighted by Gasteiger charge is -2.01. The number of imidazole rings is 1. The summed E-state index contributed by atoms with van der Waals surface area (Å²) < 4.78 is 2.07. The molecule has 0 spiro atoms. The van der Waals surface area contributed by atoms with Gasteiger partial charge in [0.15, 0.2) is 0 Å². The summed E-state index contributed by atoms with van der Waals surface area (Å²) in [6.45, 7) is 8.84. The Bertz CT molecular complexity index is 235. The van der Waals surface area contributed by atoms with Crippen LogP contribution in [-0.4, -0.2) is 9.55 Å². The van der Waals surface area contributed by atoms with Gasteiger partial charge >= 0.3 is 0 Å². The molecule has 0 aliphatic rings. The van der Waals surface area contributed by atoms with Crippen molar-refractivity contribution in [3.8, 4) is 0 Å². The zero-order valence-corrected chi connectivity index (χ0v) is 6.46. The van der Waals surface area contributed by atoms with Gasteiger partial charge in [-0.25, -0.2) is 4.98 Å². The van der Waals surface area contributed by atoms with E-state index in [1.807, 2.05) is 13.1 Å². The van der Waals surface area contributed by atoms with Gasteiger partial charge in [0.1, 0.15) is 5.82 Å². The maximum Gasteiger partial charge on any atom is 0.134 e. The lowest BCUT2D eigenvalue weighted by molar-refractivity contribution is 0.748. The second-order valence-corrected chi connectivity index (χ2v) is 2.32. The van der Waals surface area contributed by atoms with Crippen LogP contribution in [0, 0.1) is 0 Å². The first kappa shape index (κ1) is 7.06. The molecule has 0 aliphatic heterocycles. The molecule has 1 rings (SSSR count). The largest absolute Gasteiger partial charge is 0.332 e. The van der Waals surface area contributed by atoms with Crippen molar-refractivity contribution in [1.29, 1.82) is 0 Å². The maximum atomic E-state index is 4.15. The average Bonchev–Trinajstić information content (AvgIpc) is 2.33. The zero-order chi connectivity index (χ0) is 7.56. The van der Waals surface area contributed by atoms with E-state index in [2.05, 4.69) is 23.1 Å². The van der Waals surface area contributed by atoms with Gasteiger partial charge < -0.3 is 4.57 Å². The predicted molar refractivity (Wildman–Crippen MR) is 42.6 cm³/mol. The van der Waals surface area contributed by atoms with Gasteiger partial charge in [0.2, 0.25) is 0 Å². The van der Waals surface area contributed by atoms with Crippen molar-refractivity contribution in [3.63, 3.8) is 0 Å². The lowest BCUT2D eigenvalue weighted by atomic mass is 10.3. The molecule has 0 N–H and O–H groups in total. The fourth-order valence-electron chi connectivity index (χ4n) is 0.940. The highest BCUT2D eigenvalue weighted by molar-refractivity contribution is 5.54. The van der Waals surface area contributed by atoms with E-state index < -0.39 is 0 Å². The first-order chi connectivity index (χ1) is 4.75. The van der Waals surface area contributed by atoms with Crippen LogP contribution >= 0.6 is 0 Å². The molecule has 2 nitrogen and oxygen atoms in total. The molecule has 0 radical (unpaired) electrons. The fourth-order valence-corrected chi connectivity index (χ4v) is 0.940. The van der Waals surface area contributed by atoms with E-state index >= 15 is 0 Å². The number of aromatic nitrogens is 2. The van der Waals surface area contributed by atoms with Crippen LogP contribution in [0.2, 0.25) is 0 Å². The van der Waals surface area contributed by atoms with Gasteiger partial charge in [-0.15, -0.1) is 0 Å². The van der Waals surface area contributed by atoms with Crippen LogP contribution in [-0.2, 0) is 6.54 Å². The summed E-state index contributed by atoms with van der Waals surface area (Å²) in [6.07, 6.45) is 3.76. The molecule has 1 aromatic rings. The summed E-state index contributed by atoms with van der Waals surface area (Å²) in [4.78, 5) is 4.15. The molecule has 10 heavy (non-hydrogen) atoms. The van der Waals surface area contributed by atoms with E-state index in [9.17, 15) is 0 Å². The van der Waals surface area contributed by atoms with Crippen molar-refractivity contribution in [2.45, 2.75) is 20.4 Å². The second kappa shape index (κ2) is 2.69. The van der Waals surface area contributed by atoms with Crippen molar-refractivity contribution >= 4 is 5.57 Å². The summed E-state index contributed by atoms with van der Waals surface area (Å²) in [5, 5.41) is 0. The highest BCUT2D eigenvalue weighted by atomic mass is 15.0. The number of allylic oxidation sites excluding steroid dienone is 1. The molecule has 0 aliphatic carbocycles. The SMILES string of the molecule is C=C(C)c1nccn1CC. The summed E-state index contributed by atoms with van der Waals surface area (Å²) >= 11 is 0. The normalized spacial score (nSPS) is 9.80. The number of nitrogens with zero attached hydrogens (tertiary/aromatic N) is 2. The summed E-state index contributed by atoms with van der Waals surface area (Å²) in [6, 6.07) is 0. The molecule has 1 heterocycles. The summed E-state index contributed by atoms with van der Waals surface area (Å²) in [5.41, 5.74) is 1.02. The van der Waals surface area contributed by atoms with Crippen LogP contribution in [0.3, 0.4) is 0 Å². The zero-order valence-electron chi connectivity index (χ0n) is 6.46. The van der Waals surface area contributed by atoms with Gasteiger partial charge in [-0.1, -0.05) is 6.58 Å². The molecule has 0 saturated carbocycles. The minimum atomic E-state index is 0.961. The van der Waals surface area contributed by atoms with E-state index in [1.165, 1.54) is 0 Å². The quantitative estimate of drug-likeness (QED) is 0.607. The highest BCUT2D eigenvalue weighted by Gasteiger charge is 1.98. The predicted octanol–water partition coefficient (Wildman–Crippen LogP) is 1.94. The Balaban J connectivity index is 3.01. The number of hydrogen-bond donors (Lipinski definition) is 0. The van der Waals surface area contributed by atoms with Crippen LogP contribution < -0.4 is 0 Å². The summed E-state index contributed by atoms with van der Waals surface area (Å²) in [7, 11) is 0. The molecule has 0 atom stereocenters. The van der Waals surface area contributed by atoms with E-state index in [-0.39, 0.29) is 0 Å². The molecular formula is C8H12N2. The Kier molecular flexibility index (Phi) is 1.90. The van der Waals surface area contributed by atoms with Gasteiger partial charge in [-0.3, -0.25) is 0 Å². The fraction of sp³-hybridized carbons (Fsp3) is 0.375. The first-order valence-corrected chi connectivity index (χ1v) is 3.42. The Hall–Kier alpha value is -1.05. The van der Waals surface area contributed by atoms with Crippen LogP contribution in [0.4, 0.5) is 0 Å². The van der Waals surface area contributed by atoms with Gasteiger partial charge in [-0.2, -0.15) is 0 Å². The Morgan fingerprint density at radius 1 is 1.80 bits per heavy atom. The summed E-state index contributed by atoms with van der Waals surface area (Å²) in [5.74, 6) is 0.988. The molecule has 54 valence electrons. The van der Waals surface area contributed by atoms with Crippen molar-refractivity contribution in [1.82, 2.24) is 9.55 Å². The molecule has 0 fully saturated rings. The van der Waals surface area contributed by atoms with Gasteiger partial charge in [0, 0.05) is 18.9 Å². The Morgan fingerprint density at radius 2 is 2.50 bits per heavy atom. The molecule has 0 bridgehead atoms. The van der Waals surface area contributed by atoms with Crippen LogP contribution in [0.25, 0.3) is 5.57 Å². The Labute approximate surface area is 61.2 Å². The minimum absolute atomic E-state index is 0.961. The molecule has 2 heteroatoms. The molecule has 0 unspecified atom stereocenters. The topological polar surface area (TPSA) is 17.8 Å². The molecule has 0 saturated heterocycles. The van der Waals surface area contributed by atoms with Crippen LogP contribution in [0.15, 0.2) is 19.0 Å². The van der Waals surface area contributed by atoms with E-state index in [4.69, 9.17) is 0 Å². The standard InChI is InChI=1S/C8H12N2/c1-4-10-6-5-9-8(10)7(2)3/h5-6H,2,4H2,1,3H3. The number of hydrogen-bond acceptors (Lipinski definition) is 1. The third-order valence-corrected chi connectivity index (χ3v) is 1.44. The van der Waals surface area contributed by atoms with Crippen molar-refractivity contribution in [3.05, 3.63) is 24.8 Å². The van der Waals surface area contributed by atoms with Crippen LogP contribution in [0.5, 0.6) is 0 Å². The lowest BCUT2D eigenvalue weighted by Crippen LogP contribution is -1.97. The number of rotatable bonds is 2. The third-order valence-electron chi connectivity index (χ3n) is 1.44. The molecule has 0 amide bonds. The van der Waals surface area contributed by atoms with Crippen molar-refractivity contribution in [2.24, 2.45) is 0 Å². The molecule has 1 aromatic heterocycles. The monoisotopic (exact) mass is 136 g/mol. The van der Waals surface area contributed by atoms with E-state index in [1.54, 1.807) is 6.20 Å². The molecule has 0 aromatic carbocycles. The Morgan fingerprint density at radius 3 is 2.90 bits per heavy atom. The van der Waals surface area contributed by atoms with Crippen molar-refractivity contribution < 1.29 is 0 Å². The van der Waals surface area contributed by atoms with Crippen LogP contribution in [0.1, 0.15) is 19.7 Å².